The first kappa shape index (κ1) is 15.6. The minimum Gasteiger partial charge on any atom is -0.493 e. The van der Waals surface area contributed by atoms with Gasteiger partial charge in [-0.15, -0.1) is 0 Å². The van der Waals surface area contributed by atoms with E-state index < -0.39 is 0 Å². The molecular formula is C17H22N4O2. The maximum absolute atomic E-state index is 5.39. The van der Waals surface area contributed by atoms with Crippen molar-refractivity contribution in [1.82, 2.24) is 20.1 Å². The molecule has 1 aliphatic heterocycles. The number of nitrogens with one attached hydrogen (secondary N) is 1. The Bertz CT molecular complexity index is 682. The third kappa shape index (κ3) is 3.22. The summed E-state index contributed by atoms with van der Waals surface area (Å²) < 4.78 is 10.7. The summed E-state index contributed by atoms with van der Waals surface area (Å²) in [7, 11) is 3.32. The van der Waals surface area contributed by atoms with Gasteiger partial charge in [0.15, 0.2) is 11.5 Å². The first-order valence-electron chi connectivity index (χ1n) is 7.73. The van der Waals surface area contributed by atoms with Crippen LogP contribution >= 0.6 is 0 Å². The molecule has 0 amide bonds. The normalized spacial score (nSPS) is 16.7. The van der Waals surface area contributed by atoms with Gasteiger partial charge in [-0.2, -0.15) is 5.10 Å². The van der Waals surface area contributed by atoms with E-state index in [9.17, 15) is 0 Å². The topological polar surface area (TPSA) is 63.3 Å². The second kappa shape index (κ2) is 6.83. The number of hydrogen-bond acceptors (Lipinski definition) is 5. The molecule has 2 heterocycles. The Morgan fingerprint density at radius 3 is 2.65 bits per heavy atom. The highest BCUT2D eigenvalue weighted by molar-refractivity contribution is 5.69. The van der Waals surface area contributed by atoms with Crippen molar-refractivity contribution in [1.29, 1.82) is 0 Å². The molecule has 0 spiro atoms. The van der Waals surface area contributed by atoms with Gasteiger partial charge in [0, 0.05) is 13.1 Å². The average molecular weight is 314 g/mol. The molecule has 0 saturated heterocycles. The van der Waals surface area contributed by atoms with E-state index in [1.165, 1.54) is 11.1 Å². The summed E-state index contributed by atoms with van der Waals surface area (Å²) in [6.07, 6.45) is 4.83. The SMILES string of the molecule is COc1ccc(C2=CCN(C(C)c3ncn[nH]3)CC2)cc1OC. The van der Waals surface area contributed by atoms with Gasteiger partial charge in [0.1, 0.15) is 12.2 Å². The number of aromatic nitrogens is 3. The van der Waals surface area contributed by atoms with Crippen LogP contribution in [0.3, 0.4) is 0 Å². The largest absolute Gasteiger partial charge is 0.493 e. The van der Waals surface area contributed by atoms with Gasteiger partial charge in [0.05, 0.1) is 20.3 Å². The Hall–Kier alpha value is -2.34. The van der Waals surface area contributed by atoms with Crippen molar-refractivity contribution < 1.29 is 9.47 Å². The van der Waals surface area contributed by atoms with Crippen molar-refractivity contribution in [2.45, 2.75) is 19.4 Å². The molecule has 1 N–H and O–H groups in total. The van der Waals surface area contributed by atoms with E-state index in [1.807, 2.05) is 12.1 Å². The number of benzene rings is 1. The van der Waals surface area contributed by atoms with Gasteiger partial charge in [-0.3, -0.25) is 10.00 Å². The van der Waals surface area contributed by atoms with Crippen molar-refractivity contribution >= 4 is 5.57 Å². The molecule has 0 radical (unpaired) electrons. The summed E-state index contributed by atoms with van der Waals surface area (Å²) in [6, 6.07) is 6.32. The number of methoxy groups -OCH3 is 2. The van der Waals surface area contributed by atoms with E-state index in [1.54, 1.807) is 20.5 Å². The zero-order valence-corrected chi connectivity index (χ0v) is 13.7. The zero-order valence-electron chi connectivity index (χ0n) is 13.7. The Morgan fingerprint density at radius 1 is 1.22 bits per heavy atom. The quantitative estimate of drug-likeness (QED) is 0.919. The average Bonchev–Trinajstić information content (AvgIpc) is 3.15. The fourth-order valence-electron chi connectivity index (χ4n) is 2.92. The number of nitrogens with zero attached hydrogens (tertiary/aromatic N) is 3. The maximum atomic E-state index is 5.39. The third-order valence-corrected chi connectivity index (χ3v) is 4.37. The minimum atomic E-state index is 0.237. The van der Waals surface area contributed by atoms with E-state index in [2.05, 4.69) is 39.1 Å². The van der Waals surface area contributed by atoms with Gasteiger partial charge in [-0.25, -0.2) is 4.98 Å². The lowest BCUT2D eigenvalue weighted by molar-refractivity contribution is 0.225. The maximum Gasteiger partial charge on any atom is 0.161 e. The summed E-state index contributed by atoms with van der Waals surface area (Å²) in [5.41, 5.74) is 2.53. The molecule has 6 heteroatoms. The lowest BCUT2D eigenvalue weighted by Crippen LogP contribution is -2.31. The second-order valence-electron chi connectivity index (χ2n) is 5.59. The predicted octanol–water partition coefficient (Wildman–Crippen LogP) is 2.67. The number of ether oxygens (including phenoxy) is 2. The first-order chi connectivity index (χ1) is 11.2. The first-order valence-corrected chi connectivity index (χ1v) is 7.73. The van der Waals surface area contributed by atoms with E-state index in [0.29, 0.717) is 0 Å². The molecule has 1 unspecified atom stereocenters. The van der Waals surface area contributed by atoms with Crippen LogP contribution < -0.4 is 9.47 Å². The molecule has 122 valence electrons. The molecule has 0 fully saturated rings. The third-order valence-electron chi connectivity index (χ3n) is 4.37. The van der Waals surface area contributed by atoms with Gasteiger partial charge in [-0.05, 0) is 36.6 Å². The van der Waals surface area contributed by atoms with Crippen LogP contribution in [0.5, 0.6) is 11.5 Å². The Labute approximate surface area is 136 Å². The van der Waals surface area contributed by atoms with Gasteiger partial charge < -0.3 is 9.47 Å². The molecule has 6 nitrogen and oxygen atoms in total. The Balaban J connectivity index is 1.74. The molecule has 0 saturated carbocycles. The summed E-state index contributed by atoms with van der Waals surface area (Å²) in [4.78, 5) is 6.63. The summed E-state index contributed by atoms with van der Waals surface area (Å²) >= 11 is 0. The smallest absolute Gasteiger partial charge is 0.161 e. The highest BCUT2D eigenvalue weighted by Crippen LogP contribution is 2.33. The standard InChI is InChI=1S/C17H22N4O2/c1-12(17-18-11-19-20-17)21-8-6-13(7-9-21)14-4-5-15(22-2)16(10-14)23-3/h4-6,10-12H,7-9H2,1-3H3,(H,18,19,20). The summed E-state index contributed by atoms with van der Waals surface area (Å²) in [5, 5.41) is 6.88. The summed E-state index contributed by atoms with van der Waals surface area (Å²) in [5.74, 6) is 2.43. The van der Waals surface area contributed by atoms with Crippen molar-refractivity contribution in [2.75, 3.05) is 27.3 Å². The molecule has 1 aliphatic rings. The van der Waals surface area contributed by atoms with Crippen LogP contribution in [0.1, 0.15) is 30.8 Å². The monoisotopic (exact) mass is 314 g/mol. The molecular weight excluding hydrogens is 292 g/mol. The minimum absolute atomic E-state index is 0.237. The van der Waals surface area contributed by atoms with Crippen molar-refractivity contribution in [2.24, 2.45) is 0 Å². The van der Waals surface area contributed by atoms with Gasteiger partial charge in [0.2, 0.25) is 0 Å². The molecule has 1 aromatic heterocycles. The zero-order chi connectivity index (χ0) is 16.2. The van der Waals surface area contributed by atoms with Gasteiger partial charge in [0.25, 0.3) is 0 Å². The molecule has 0 bridgehead atoms. The Morgan fingerprint density at radius 2 is 2.04 bits per heavy atom. The van der Waals surface area contributed by atoms with E-state index in [0.717, 1.165) is 36.8 Å². The number of hydrogen-bond donors (Lipinski definition) is 1. The highest BCUT2D eigenvalue weighted by atomic mass is 16.5. The van der Waals surface area contributed by atoms with Crippen LogP contribution in [0.2, 0.25) is 0 Å². The lowest BCUT2D eigenvalue weighted by Gasteiger charge is -2.30. The van der Waals surface area contributed by atoms with Crippen molar-refractivity contribution in [3.05, 3.63) is 42.0 Å². The lowest BCUT2D eigenvalue weighted by atomic mass is 9.98. The van der Waals surface area contributed by atoms with Gasteiger partial charge in [-0.1, -0.05) is 12.1 Å². The van der Waals surface area contributed by atoms with Gasteiger partial charge >= 0.3 is 0 Å². The van der Waals surface area contributed by atoms with Crippen LogP contribution in [-0.4, -0.2) is 47.4 Å². The molecule has 23 heavy (non-hydrogen) atoms. The number of H-pyrrole nitrogens is 1. The fraction of sp³-hybridized carbons (Fsp3) is 0.412. The molecule has 1 aromatic carbocycles. The van der Waals surface area contributed by atoms with Crippen LogP contribution in [-0.2, 0) is 0 Å². The second-order valence-corrected chi connectivity index (χ2v) is 5.59. The highest BCUT2D eigenvalue weighted by Gasteiger charge is 2.21. The number of rotatable bonds is 5. The molecule has 1 atom stereocenters. The van der Waals surface area contributed by atoms with Crippen LogP contribution in [0, 0.1) is 0 Å². The summed E-state index contributed by atoms with van der Waals surface area (Å²) in [6.45, 7) is 4.03. The van der Waals surface area contributed by atoms with Crippen LogP contribution in [0.4, 0.5) is 0 Å². The molecule has 3 rings (SSSR count). The Kier molecular flexibility index (Phi) is 4.62. The predicted molar refractivity (Wildman–Crippen MR) is 88.5 cm³/mol. The van der Waals surface area contributed by atoms with Crippen molar-refractivity contribution in [3.8, 4) is 11.5 Å². The fourth-order valence-corrected chi connectivity index (χ4v) is 2.92. The van der Waals surface area contributed by atoms with E-state index in [-0.39, 0.29) is 6.04 Å². The van der Waals surface area contributed by atoms with Crippen LogP contribution in [0.25, 0.3) is 5.57 Å². The number of aromatic amines is 1. The molecule has 2 aromatic rings. The van der Waals surface area contributed by atoms with Crippen LogP contribution in [0.15, 0.2) is 30.6 Å². The van der Waals surface area contributed by atoms with Crippen molar-refractivity contribution in [3.63, 3.8) is 0 Å². The van der Waals surface area contributed by atoms with E-state index >= 15 is 0 Å². The molecule has 0 aliphatic carbocycles. The van der Waals surface area contributed by atoms with E-state index in [4.69, 9.17) is 9.47 Å².